The highest BCUT2D eigenvalue weighted by Gasteiger charge is 2.28. The van der Waals surface area contributed by atoms with E-state index in [0.717, 1.165) is 19.5 Å². The van der Waals surface area contributed by atoms with Crippen LogP contribution in [0.3, 0.4) is 0 Å². The second-order valence-corrected chi connectivity index (χ2v) is 5.12. The van der Waals surface area contributed by atoms with Crippen LogP contribution in [0.25, 0.3) is 5.95 Å². The summed E-state index contributed by atoms with van der Waals surface area (Å²) in [6.07, 6.45) is 4.12. The summed E-state index contributed by atoms with van der Waals surface area (Å²) in [6.45, 7) is 3.79. The summed E-state index contributed by atoms with van der Waals surface area (Å²) in [7, 11) is 1.73. The molecule has 112 valence electrons. The van der Waals surface area contributed by atoms with E-state index in [4.69, 9.17) is 10.5 Å². The van der Waals surface area contributed by atoms with Gasteiger partial charge in [-0.15, -0.1) is 0 Å². The maximum atomic E-state index is 5.78. The third kappa shape index (κ3) is 2.77. The van der Waals surface area contributed by atoms with Gasteiger partial charge in [-0.2, -0.15) is 24.7 Å². The molecular formula is C12H18N8O. The van der Waals surface area contributed by atoms with Crippen molar-refractivity contribution in [3.05, 3.63) is 12.7 Å². The molecule has 2 unspecified atom stereocenters. The van der Waals surface area contributed by atoms with E-state index in [-0.39, 0.29) is 12.1 Å². The largest absolute Gasteiger partial charge is 0.379 e. The minimum atomic E-state index is 0.159. The number of ether oxygens (including phenoxy) is 1. The molecule has 1 aliphatic heterocycles. The minimum absolute atomic E-state index is 0.159. The predicted octanol–water partition coefficient (Wildman–Crippen LogP) is -0.104. The third-order valence-electron chi connectivity index (χ3n) is 3.73. The SMILES string of the molecule is COC1CN(c2nc(N)nc(-n3cncn3)n2)CCC1C. The van der Waals surface area contributed by atoms with Crippen LogP contribution in [-0.4, -0.2) is 56.0 Å². The number of aromatic nitrogens is 6. The monoisotopic (exact) mass is 290 g/mol. The molecule has 2 atom stereocenters. The fraction of sp³-hybridized carbons (Fsp3) is 0.583. The number of nitrogens with zero attached hydrogens (tertiary/aromatic N) is 7. The van der Waals surface area contributed by atoms with Crippen LogP contribution in [0.2, 0.25) is 0 Å². The summed E-state index contributed by atoms with van der Waals surface area (Å²) in [5, 5.41) is 4.01. The average molecular weight is 290 g/mol. The van der Waals surface area contributed by atoms with Gasteiger partial charge in [-0.25, -0.2) is 4.98 Å². The Bertz CT molecular complexity index is 601. The third-order valence-corrected chi connectivity index (χ3v) is 3.73. The zero-order valence-electron chi connectivity index (χ0n) is 12.0. The molecule has 0 amide bonds. The van der Waals surface area contributed by atoms with Crippen molar-refractivity contribution in [3.8, 4) is 5.95 Å². The second-order valence-electron chi connectivity index (χ2n) is 5.12. The molecule has 2 aromatic rings. The summed E-state index contributed by atoms with van der Waals surface area (Å²) >= 11 is 0. The first-order chi connectivity index (χ1) is 10.2. The number of nitrogen functional groups attached to an aromatic ring is 1. The summed E-state index contributed by atoms with van der Waals surface area (Å²) in [4.78, 5) is 18.7. The second kappa shape index (κ2) is 5.60. The Morgan fingerprint density at radius 1 is 1.29 bits per heavy atom. The van der Waals surface area contributed by atoms with Crippen LogP contribution >= 0.6 is 0 Å². The zero-order valence-corrected chi connectivity index (χ0v) is 12.0. The molecule has 0 aromatic carbocycles. The van der Waals surface area contributed by atoms with Crippen molar-refractivity contribution in [2.24, 2.45) is 5.92 Å². The van der Waals surface area contributed by atoms with Crippen molar-refractivity contribution in [3.63, 3.8) is 0 Å². The molecule has 1 aliphatic rings. The number of piperidine rings is 1. The molecule has 9 heteroatoms. The molecule has 2 aromatic heterocycles. The Morgan fingerprint density at radius 3 is 2.81 bits per heavy atom. The van der Waals surface area contributed by atoms with Gasteiger partial charge in [-0.3, -0.25) is 0 Å². The van der Waals surface area contributed by atoms with Crippen molar-refractivity contribution in [1.82, 2.24) is 29.7 Å². The van der Waals surface area contributed by atoms with E-state index in [2.05, 4.69) is 36.9 Å². The van der Waals surface area contributed by atoms with Crippen molar-refractivity contribution in [1.29, 1.82) is 0 Å². The van der Waals surface area contributed by atoms with Crippen LogP contribution in [0.4, 0.5) is 11.9 Å². The molecule has 0 bridgehead atoms. The molecular weight excluding hydrogens is 272 g/mol. The smallest absolute Gasteiger partial charge is 0.258 e. The van der Waals surface area contributed by atoms with Crippen LogP contribution in [0.15, 0.2) is 12.7 Å². The highest BCUT2D eigenvalue weighted by atomic mass is 16.5. The maximum Gasteiger partial charge on any atom is 0.258 e. The molecule has 1 fully saturated rings. The average Bonchev–Trinajstić information content (AvgIpc) is 3.01. The number of nitrogens with two attached hydrogens (primary N) is 1. The van der Waals surface area contributed by atoms with E-state index < -0.39 is 0 Å². The highest BCUT2D eigenvalue weighted by molar-refractivity contribution is 5.38. The quantitative estimate of drug-likeness (QED) is 0.834. The van der Waals surface area contributed by atoms with E-state index in [0.29, 0.717) is 17.8 Å². The first-order valence-corrected chi connectivity index (χ1v) is 6.81. The van der Waals surface area contributed by atoms with Crippen LogP contribution in [0, 0.1) is 5.92 Å². The Morgan fingerprint density at radius 2 is 2.10 bits per heavy atom. The molecule has 2 N–H and O–H groups in total. The highest BCUT2D eigenvalue weighted by Crippen LogP contribution is 2.23. The molecule has 0 saturated carbocycles. The van der Waals surface area contributed by atoms with Crippen molar-refractivity contribution in [2.75, 3.05) is 30.8 Å². The summed E-state index contributed by atoms with van der Waals surface area (Å²) in [5.41, 5.74) is 5.78. The standard InChI is InChI=1S/C12H18N8O/c1-8-3-4-19(5-9(8)21-2)11-16-10(13)17-12(18-11)20-7-14-6-15-20/h6-9H,3-5H2,1-2H3,(H2,13,16,17,18). The van der Waals surface area contributed by atoms with E-state index in [1.54, 1.807) is 7.11 Å². The topological polar surface area (TPSA) is 108 Å². The molecule has 1 saturated heterocycles. The molecule has 3 rings (SSSR count). The van der Waals surface area contributed by atoms with Gasteiger partial charge < -0.3 is 15.4 Å². The molecule has 0 radical (unpaired) electrons. The molecule has 3 heterocycles. The lowest BCUT2D eigenvalue weighted by Crippen LogP contribution is -2.44. The fourth-order valence-electron chi connectivity index (χ4n) is 2.45. The predicted molar refractivity (Wildman–Crippen MR) is 75.9 cm³/mol. The van der Waals surface area contributed by atoms with Crippen molar-refractivity contribution in [2.45, 2.75) is 19.4 Å². The maximum absolute atomic E-state index is 5.78. The summed E-state index contributed by atoms with van der Waals surface area (Å²) in [5.74, 6) is 1.59. The lowest BCUT2D eigenvalue weighted by molar-refractivity contribution is 0.0494. The van der Waals surface area contributed by atoms with Gasteiger partial charge in [0.15, 0.2) is 0 Å². The number of rotatable bonds is 3. The van der Waals surface area contributed by atoms with E-state index in [9.17, 15) is 0 Å². The van der Waals surface area contributed by atoms with Gasteiger partial charge in [-0.1, -0.05) is 6.92 Å². The van der Waals surface area contributed by atoms with E-state index >= 15 is 0 Å². The summed E-state index contributed by atoms with van der Waals surface area (Å²) in [6, 6.07) is 0. The molecule has 0 aliphatic carbocycles. The number of hydrogen-bond acceptors (Lipinski definition) is 8. The fourth-order valence-corrected chi connectivity index (χ4v) is 2.45. The molecule has 21 heavy (non-hydrogen) atoms. The van der Waals surface area contributed by atoms with Crippen molar-refractivity contribution < 1.29 is 4.74 Å². The van der Waals surface area contributed by atoms with Gasteiger partial charge in [0, 0.05) is 20.2 Å². The normalized spacial score (nSPS) is 22.5. The van der Waals surface area contributed by atoms with Crippen LogP contribution in [0.5, 0.6) is 0 Å². The van der Waals surface area contributed by atoms with E-state index in [1.807, 2.05) is 0 Å². The number of hydrogen-bond donors (Lipinski definition) is 1. The Balaban J connectivity index is 1.88. The summed E-state index contributed by atoms with van der Waals surface area (Å²) < 4.78 is 6.98. The first kappa shape index (κ1) is 13.7. The minimum Gasteiger partial charge on any atom is -0.379 e. The van der Waals surface area contributed by atoms with Crippen LogP contribution in [0.1, 0.15) is 13.3 Å². The van der Waals surface area contributed by atoms with Crippen LogP contribution < -0.4 is 10.6 Å². The van der Waals surface area contributed by atoms with Crippen LogP contribution in [-0.2, 0) is 4.74 Å². The number of methoxy groups -OCH3 is 1. The zero-order chi connectivity index (χ0) is 14.8. The Hall–Kier alpha value is -2.29. The van der Waals surface area contributed by atoms with Gasteiger partial charge in [0.25, 0.3) is 5.95 Å². The van der Waals surface area contributed by atoms with Crippen molar-refractivity contribution >= 4 is 11.9 Å². The molecule has 0 spiro atoms. The van der Waals surface area contributed by atoms with Gasteiger partial charge >= 0.3 is 0 Å². The first-order valence-electron chi connectivity index (χ1n) is 6.81. The van der Waals surface area contributed by atoms with Gasteiger partial charge in [0.05, 0.1) is 6.10 Å². The lowest BCUT2D eigenvalue weighted by atomic mass is 9.96. The van der Waals surface area contributed by atoms with E-state index in [1.165, 1.54) is 17.3 Å². The number of anilines is 2. The Labute approximate surface area is 122 Å². The Kier molecular flexibility index (Phi) is 3.65. The van der Waals surface area contributed by atoms with Gasteiger partial charge in [0.2, 0.25) is 11.9 Å². The van der Waals surface area contributed by atoms with Gasteiger partial charge in [0.1, 0.15) is 12.7 Å². The van der Waals surface area contributed by atoms with Gasteiger partial charge in [-0.05, 0) is 12.3 Å². The molecule has 9 nitrogen and oxygen atoms in total. The lowest BCUT2D eigenvalue weighted by Gasteiger charge is -2.36.